The van der Waals surface area contributed by atoms with Crippen molar-refractivity contribution in [2.45, 2.75) is 65.5 Å². The monoisotopic (exact) mass is 519 g/mol. The number of nitrogens with zero attached hydrogens (tertiary/aromatic N) is 1. The zero-order valence-electron chi connectivity index (χ0n) is 20.6. The Labute approximate surface area is 212 Å². The molecule has 0 aliphatic heterocycles. The number of benzene rings is 2. The van der Waals surface area contributed by atoms with Crippen molar-refractivity contribution in [2.24, 2.45) is 0 Å². The van der Waals surface area contributed by atoms with Gasteiger partial charge in [-0.15, -0.1) is 11.3 Å². The molecule has 9 heteroatoms. The molecule has 0 aliphatic rings. The van der Waals surface area contributed by atoms with Gasteiger partial charge in [-0.25, -0.2) is 9.78 Å². The molecule has 36 heavy (non-hydrogen) atoms. The van der Waals surface area contributed by atoms with Gasteiger partial charge in [-0.3, -0.25) is 14.6 Å². The zero-order chi connectivity index (χ0) is 26.5. The number of halogens is 3. The Kier molecular flexibility index (Phi) is 8.89. The number of thiazole rings is 1. The van der Waals surface area contributed by atoms with Gasteiger partial charge in [-0.1, -0.05) is 32.9 Å². The quantitative estimate of drug-likeness (QED) is 0.156. The summed E-state index contributed by atoms with van der Waals surface area (Å²) in [5.74, 6) is -0.0833. The Hall–Kier alpha value is -3.20. The van der Waals surface area contributed by atoms with Crippen LogP contribution in [0, 0.1) is 6.92 Å². The summed E-state index contributed by atoms with van der Waals surface area (Å²) in [6.45, 7) is 7.63. The van der Waals surface area contributed by atoms with Crippen LogP contribution >= 0.6 is 11.3 Å². The molecule has 192 valence electrons. The van der Waals surface area contributed by atoms with Crippen LogP contribution < -0.4 is 4.89 Å². The second kappa shape index (κ2) is 11.7. The standard InChI is InChI=1S/C27H28F3NO4S/c1-5-6-24(33)35-34-20-11-12-21(17(4)15-20)22(32)13-14-23-25(16(2)3)31-26(36-23)18-7-9-19(10-8-18)27(28,29)30/h7-12,15-16H,5-6,13-14H2,1-4H3. The van der Waals surface area contributed by atoms with E-state index in [-0.39, 0.29) is 24.5 Å². The molecule has 0 N–H and O–H groups in total. The molecule has 0 bridgehead atoms. The van der Waals surface area contributed by atoms with E-state index >= 15 is 0 Å². The average molecular weight is 520 g/mol. The highest BCUT2D eigenvalue weighted by Crippen LogP contribution is 2.35. The summed E-state index contributed by atoms with van der Waals surface area (Å²) < 4.78 is 38.7. The van der Waals surface area contributed by atoms with Gasteiger partial charge in [0.1, 0.15) is 5.01 Å². The van der Waals surface area contributed by atoms with Gasteiger partial charge < -0.3 is 0 Å². The smallest absolute Gasteiger partial charge is 0.294 e. The molecule has 1 heterocycles. The fraction of sp³-hybridized carbons (Fsp3) is 0.370. The van der Waals surface area contributed by atoms with Crippen molar-refractivity contribution in [2.75, 3.05) is 0 Å². The SMILES string of the molecule is CCCC(=O)OOc1ccc(C(=O)CCc2sc(-c3ccc(C(F)(F)F)cc3)nc2C(C)C)c(C)c1. The third kappa shape index (κ3) is 6.94. The van der Waals surface area contributed by atoms with E-state index in [9.17, 15) is 22.8 Å². The minimum atomic E-state index is -4.39. The molecule has 0 aliphatic carbocycles. The third-order valence-electron chi connectivity index (χ3n) is 5.50. The number of aromatic nitrogens is 1. The van der Waals surface area contributed by atoms with Gasteiger partial charge in [-0.2, -0.15) is 13.2 Å². The largest absolute Gasteiger partial charge is 0.416 e. The number of rotatable bonds is 10. The van der Waals surface area contributed by atoms with Crippen LogP contribution in [-0.2, 0) is 22.3 Å². The molecule has 0 radical (unpaired) electrons. The van der Waals surface area contributed by atoms with Crippen LogP contribution in [-0.4, -0.2) is 16.7 Å². The highest BCUT2D eigenvalue weighted by Gasteiger charge is 2.30. The first-order valence-electron chi connectivity index (χ1n) is 11.7. The maximum absolute atomic E-state index is 12.9. The maximum atomic E-state index is 12.9. The third-order valence-corrected chi connectivity index (χ3v) is 6.68. The van der Waals surface area contributed by atoms with Crippen LogP contribution in [0.4, 0.5) is 13.2 Å². The van der Waals surface area contributed by atoms with Gasteiger partial charge in [-0.05, 0) is 61.6 Å². The lowest BCUT2D eigenvalue weighted by molar-refractivity contribution is -0.213. The van der Waals surface area contributed by atoms with Crippen molar-refractivity contribution in [3.8, 4) is 16.3 Å². The fourth-order valence-corrected chi connectivity index (χ4v) is 4.84. The van der Waals surface area contributed by atoms with Crippen LogP contribution in [0.3, 0.4) is 0 Å². The van der Waals surface area contributed by atoms with Crippen molar-refractivity contribution >= 4 is 23.1 Å². The van der Waals surface area contributed by atoms with E-state index in [2.05, 4.69) is 4.98 Å². The zero-order valence-corrected chi connectivity index (χ0v) is 21.4. The molecule has 3 rings (SSSR count). The molecule has 0 amide bonds. The number of ketones is 1. The first-order chi connectivity index (χ1) is 17.0. The van der Waals surface area contributed by atoms with Gasteiger partial charge in [0.05, 0.1) is 11.3 Å². The number of hydrogen-bond donors (Lipinski definition) is 0. The van der Waals surface area contributed by atoms with E-state index in [0.29, 0.717) is 40.3 Å². The molecule has 0 unspecified atom stereocenters. The molecule has 1 aromatic heterocycles. The summed E-state index contributed by atoms with van der Waals surface area (Å²) in [7, 11) is 0. The molecule has 5 nitrogen and oxygen atoms in total. The Bertz CT molecular complexity index is 1220. The van der Waals surface area contributed by atoms with Gasteiger partial charge in [0.15, 0.2) is 11.5 Å². The molecule has 3 aromatic rings. The van der Waals surface area contributed by atoms with E-state index in [1.807, 2.05) is 20.8 Å². The van der Waals surface area contributed by atoms with Crippen LogP contribution in [0.2, 0.25) is 0 Å². The van der Waals surface area contributed by atoms with E-state index in [4.69, 9.17) is 9.78 Å². The highest BCUT2D eigenvalue weighted by molar-refractivity contribution is 7.15. The first kappa shape index (κ1) is 27.4. The van der Waals surface area contributed by atoms with Gasteiger partial charge in [0.2, 0.25) is 0 Å². The second-order valence-electron chi connectivity index (χ2n) is 8.75. The van der Waals surface area contributed by atoms with Crippen LogP contribution in [0.1, 0.15) is 78.0 Å². The number of carbonyl (C=O) groups excluding carboxylic acids is 2. The summed E-state index contributed by atoms with van der Waals surface area (Å²) in [4.78, 5) is 39.8. The Morgan fingerprint density at radius 1 is 1.06 bits per heavy atom. The summed E-state index contributed by atoms with van der Waals surface area (Å²) in [6, 6.07) is 9.81. The number of aryl methyl sites for hydroxylation is 2. The van der Waals surface area contributed by atoms with Crippen molar-refractivity contribution in [3.05, 3.63) is 69.7 Å². The molecular weight excluding hydrogens is 491 g/mol. The minimum Gasteiger partial charge on any atom is -0.294 e. The van der Waals surface area contributed by atoms with E-state index in [0.717, 1.165) is 22.7 Å². The Morgan fingerprint density at radius 3 is 2.33 bits per heavy atom. The lowest BCUT2D eigenvalue weighted by Crippen LogP contribution is -2.08. The number of Topliss-reactive ketones (excluding diaryl/α,β-unsaturated/α-hetero) is 1. The van der Waals surface area contributed by atoms with Gasteiger partial charge in [0, 0.05) is 28.8 Å². The van der Waals surface area contributed by atoms with Crippen molar-refractivity contribution < 1.29 is 32.5 Å². The summed E-state index contributed by atoms with van der Waals surface area (Å²) in [5.41, 5.74) is 1.99. The number of carbonyl (C=O) groups is 2. The fourth-order valence-electron chi connectivity index (χ4n) is 3.62. The van der Waals surface area contributed by atoms with Crippen LogP contribution in [0.15, 0.2) is 42.5 Å². The molecule has 0 atom stereocenters. The van der Waals surface area contributed by atoms with Crippen LogP contribution in [0.5, 0.6) is 5.75 Å². The molecule has 0 saturated carbocycles. The summed E-state index contributed by atoms with van der Waals surface area (Å²) in [6.07, 6.45) is -2.76. The molecule has 0 saturated heterocycles. The first-order valence-corrected chi connectivity index (χ1v) is 12.5. The average Bonchev–Trinajstić information content (AvgIpc) is 3.26. The lowest BCUT2D eigenvalue weighted by atomic mass is 9.99. The van der Waals surface area contributed by atoms with E-state index in [1.165, 1.54) is 23.5 Å². The molecular formula is C27H28F3NO4S. The highest BCUT2D eigenvalue weighted by atomic mass is 32.1. The molecule has 0 fully saturated rings. The lowest BCUT2D eigenvalue weighted by Gasteiger charge is -2.09. The van der Waals surface area contributed by atoms with Crippen molar-refractivity contribution in [1.82, 2.24) is 4.98 Å². The van der Waals surface area contributed by atoms with E-state index in [1.54, 1.807) is 25.1 Å². The molecule has 0 spiro atoms. The Balaban J connectivity index is 1.70. The van der Waals surface area contributed by atoms with Crippen molar-refractivity contribution in [3.63, 3.8) is 0 Å². The summed E-state index contributed by atoms with van der Waals surface area (Å²) in [5, 5.41) is 0.630. The normalized spacial score (nSPS) is 11.6. The Morgan fingerprint density at radius 2 is 1.75 bits per heavy atom. The van der Waals surface area contributed by atoms with Crippen molar-refractivity contribution in [1.29, 1.82) is 0 Å². The minimum absolute atomic E-state index is 0.0544. The predicted octanol–water partition coefficient (Wildman–Crippen LogP) is 7.71. The number of alkyl halides is 3. The predicted molar refractivity (Wildman–Crippen MR) is 132 cm³/mol. The second-order valence-corrected chi connectivity index (χ2v) is 9.83. The van der Waals surface area contributed by atoms with Gasteiger partial charge >= 0.3 is 12.1 Å². The maximum Gasteiger partial charge on any atom is 0.416 e. The van der Waals surface area contributed by atoms with E-state index < -0.39 is 17.7 Å². The van der Waals surface area contributed by atoms with Gasteiger partial charge in [0.25, 0.3) is 0 Å². The topological polar surface area (TPSA) is 65.5 Å². The number of hydrogen-bond acceptors (Lipinski definition) is 6. The molecule has 2 aromatic carbocycles. The summed E-state index contributed by atoms with van der Waals surface area (Å²) >= 11 is 1.40. The van der Waals surface area contributed by atoms with Crippen LogP contribution in [0.25, 0.3) is 10.6 Å².